The van der Waals surface area contributed by atoms with E-state index in [2.05, 4.69) is 29.2 Å². The monoisotopic (exact) mass is 340 g/mol. The first-order chi connectivity index (χ1) is 11.3. The van der Waals surface area contributed by atoms with Crippen LogP contribution in [-0.4, -0.2) is 21.1 Å². The van der Waals surface area contributed by atoms with Crippen molar-refractivity contribution in [1.29, 1.82) is 0 Å². The highest BCUT2D eigenvalue weighted by Crippen LogP contribution is 2.33. The summed E-state index contributed by atoms with van der Waals surface area (Å²) in [6, 6.07) is 18.3. The lowest BCUT2D eigenvalue weighted by Gasteiger charge is -2.13. The molecule has 0 radical (unpaired) electrons. The average Bonchev–Trinajstić information content (AvgIpc) is 2.99. The molecule has 0 aliphatic carbocycles. The van der Waals surface area contributed by atoms with Gasteiger partial charge in [-0.3, -0.25) is 9.36 Å². The van der Waals surface area contributed by atoms with Crippen LogP contribution >= 0.6 is 23.5 Å². The minimum atomic E-state index is 0.0981. The third-order valence-corrected chi connectivity index (χ3v) is 6.22. The van der Waals surface area contributed by atoms with E-state index in [9.17, 15) is 4.79 Å². The highest BCUT2D eigenvalue weighted by molar-refractivity contribution is 8.00. The van der Waals surface area contributed by atoms with E-state index in [1.54, 1.807) is 11.8 Å². The van der Waals surface area contributed by atoms with E-state index in [1.165, 1.54) is 5.56 Å². The number of nitrogens with zero attached hydrogens (tertiary/aromatic N) is 2. The van der Waals surface area contributed by atoms with Gasteiger partial charge in [0.15, 0.2) is 5.16 Å². The minimum absolute atomic E-state index is 0.0981. The zero-order chi connectivity index (χ0) is 15.6. The molecule has 0 bridgehead atoms. The number of hydrogen-bond donors (Lipinski definition) is 0. The predicted molar refractivity (Wildman–Crippen MR) is 98.4 cm³/mol. The molecule has 0 saturated carbocycles. The summed E-state index contributed by atoms with van der Waals surface area (Å²) in [6.07, 6.45) is 0. The number of hydrogen-bond acceptors (Lipinski definition) is 4. The molecule has 1 atom stereocenters. The summed E-state index contributed by atoms with van der Waals surface area (Å²) in [6.45, 7) is 0. The molecule has 1 aliphatic rings. The fourth-order valence-electron chi connectivity index (χ4n) is 2.80. The number of fused-ring (bicyclic) bond motifs is 2. The predicted octanol–water partition coefficient (Wildman–Crippen LogP) is 3.98. The molecule has 116 valence electrons. The Bertz CT molecular complexity index is 892. The van der Waals surface area contributed by atoms with Crippen LogP contribution in [0.4, 0.5) is 0 Å². The Morgan fingerprint density at radius 1 is 1.13 bits per heavy atom. The van der Waals surface area contributed by atoms with Crippen LogP contribution < -0.4 is 5.56 Å². The second kappa shape index (κ2) is 6.42. The highest BCUT2D eigenvalue weighted by atomic mass is 32.2. The van der Waals surface area contributed by atoms with Gasteiger partial charge in [-0.25, -0.2) is 4.98 Å². The molecule has 2 heterocycles. The molecular weight excluding hydrogens is 324 g/mol. The van der Waals surface area contributed by atoms with Crippen LogP contribution in [0.5, 0.6) is 0 Å². The maximum atomic E-state index is 12.8. The topological polar surface area (TPSA) is 34.9 Å². The molecular formula is C18H16N2OS2. The van der Waals surface area contributed by atoms with Crippen molar-refractivity contribution in [2.24, 2.45) is 0 Å². The molecule has 3 aromatic rings. The molecule has 1 aliphatic heterocycles. The Hall–Kier alpha value is -1.72. The summed E-state index contributed by atoms with van der Waals surface area (Å²) in [5.41, 5.74) is 2.22. The van der Waals surface area contributed by atoms with Crippen molar-refractivity contribution in [2.45, 2.75) is 17.0 Å². The second-order valence-electron chi connectivity index (χ2n) is 5.55. The van der Waals surface area contributed by atoms with Gasteiger partial charge in [0.25, 0.3) is 5.56 Å². The SMILES string of the molecule is O=c1c2ccccc2nc2n1[C@@H](CSCc1ccccc1)CS2. The lowest BCUT2D eigenvalue weighted by atomic mass is 10.2. The Labute approximate surface area is 143 Å². The quantitative estimate of drug-likeness (QED) is 0.673. The molecule has 1 aromatic heterocycles. The lowest BCUT2D eigenvalue weighted by Crippen LogP contribution is -2.26. The maximum absolute atomic E-state index is 12.8. The first-order valence-corrected chi connectivity index (χ1v) is 9.73. The van der Waals surface area contributed by atoms with Crippen molar-refractivity contribution in [1.82, 2.24) is 9.55 Å². The van der Waals surface area contributed by atoms with E-state index < -0.39 is 0 Å². The molecule has 4 rings (SSSR count). The molecule has 3 nitrogen and oxygen atoms in total. The minimum Gasteiger partial charge on any atom is -0.282 e. The smallest absolute Gasteiger partial charge is 0.262 e. The molecule has 0 N–H and O–H groups in total. The Morgan fingerprint density at radius 2 is 1.91 bits per heavy atom. The van der Waals surface area contributed by atoms with Gasteiger partial charge in [-0.2, -0.15) is 11.8 Å². The standard InChI is InChI=1S/C18H16N2OS2/c21-17-15-8-4-5-9-16(15)19-18-20(17)14(12-23-18)11-22-10-13-6-2-1-3-7-13/h1-9,14H,10-12H2/t14-/m0/s1. The number of aromatic nitrogens is 2. The number of benzene rings is 2. The van der Waals surface area contributed by atoms with Crippen LogP contribution in [0.3, 0.4) is 0 Å². The van der Waals surface area contributed by atoms with E-state index in [1.807, 2.05) is 46.7 Å². The van der Waals surface area contributed by atoms with Crippen molar-refractivity contribution in [3.8, 4) is 0 Å². The number of para-hydroxylation sites is 1. The van der Waals surface area contributed by atoms with Gasteiger partial charge in [0.1, 0.15) is 0 Å². The van der Waals surface area contributed by atoms with Gasteiger partial charge in [-0.15, -0.1) is 0 Å². The number of rotatable bonds is 4. The number of thioether (sulfide) groups is 2. The average molecular weight is 340 g/mol. The van der Waals surface area contributed by atoms with Crippen molar-refractivity contribution < 1.29 is 0 Å². The molecule has 23 heavy (non-hydrogen) atoms. The Morgan fingerprint density at radius 3 is 2.78 bits per heavy atom. The second-order valence-corrected chi connectivity index (χ2v) is 7.57. The van der Waals surface area contributed by atoms with Gasteiger partial charge in [0.05, 0.1) is 16.9 Å². The van der Waals surface area contributed by atoms with E-state index in [0.717, 1.165) is 33.3 Å². The summed E-state index contributed by atoms with van der Waals surface area (Å²) in [5.74, 6) is 2.85. The fourth-order valence-corrected chi connectivity index (χ4v) is 5.18. The van der Waals surface area contributed by atoms with Gasteiger partial charge in [-0.05, 0) is 17.7 Å². The molecule has 0 fully saturated rings. The van der Waals surface area contributed by atoms with Gasteiger partial charge in [0, 0.05) is 17.3 Å². The first kappa shape index (κ1) is 14.8. The maximum Gasteiger partial charge on any atom is 0.262 e. The van der Waals surface area contributed by atoms with E-state index in [0.29, 0.717) is 0 Å². The molecule has 5 heteroatoms. The van der Waals surface area contributed by atoms with Crippen LogP contribution in [0.1, 0.15) is 11.6 Å². The van der Waals surface area contributed by atoms with Gasteiger partial charge in [-0.1, -0.05) is 54.2 Å². The third kappa shape index (κ3) is 2.91. The zero-order valence-electron chi connectivity index (χ0n) is 12.5. The van der Waals surface area contributed by atoms with Crippen LogP contribution in [-0.2, 0) is 5.75 Å². The molecule has 0 saturated heterocycles. The third-order valence-electron chi connectivity index (χ3n) is 3.97. The van der Waals surface area contributed by atoms with Crippen LogP contribution in [0.25, 0.3) is 10.9 Å². The van der Waals surface area contributed by atoms with Gasteiger partial charge < -0.3 is 0 Å². The summed E-state index contributed by atoms with van der Waals surface area (Å²) < 4.78 is 1.89. The highest BCUT2D eigenvalue weighted by Gasteiger charge is 2.26. The summed E-state index contributed by atoms with van der Waals surface area (Å²) in [5, 5.41) is 1.58. The zero-order valence-corrected chi connectivity index (χ0v) is 14.1. The molecule has 2 aromatic carbocycles. The lowest BCUT2D eigenvalue weighted by molar-refractivity contribution is 0.558. The van der Waals surface area contributed by atoms with Crippen molar-refractivity contribution in [3.05, 3.63) is 70.5 Å². The van der Waals surface area contributed by atoms with Crippen molar-refractivity contribution in [2.75, 3.05) is 11.5 Å². The Balaban J connectivity index is 1.55. The summed E-state index contributed by atoms with van der Waals surface area (Å²) >= 11 is 3.57. The molecule has 0 amide bonds. The molecule has 0 spiro atoms. The normalized spacial score (nSPS) is 16.6. The fraction of sp³-hybridized carbons (Fsp3) is 0.222. The summed E-state index contributed by atoms with van der Waals surface area (Å²) in [4.78, 5) is 17.4. The van der Waals surface area contributed by atoms with E-state index in [4.69, 9.17) is 0 Å². The van der Waals surface area contributed by atoms with Crippen molar-refractivity contribution >= 4 is 34.4 Å². The van der Waals surface area contributed by atoms with Crippen molar-refractivity contribution in [3.63, 3.8) is 0 Å². The van der Waals surface area contributed by atoms with Crippen LogP contribution in [0, 0.1) is 0 Å². The van der Waals surface area contributed by atoms with Gasteiger partial charge in [0.2, 0.25) is 0 Å². The van der Waals surface area contributed by atoms with Crippen LogP contribution in [0.2, 0.25) is 0 Å². The van der Waals surface area contributed by atoms with E-state index in [-0.39, 0.29) is 11.6 Å². The summed E-state index contributed by atoms with van der Waals surface area (Å²) in [7, 11) is 0. The molecule has 0 unspecified atom stereocenters. The first-order valence-electron chi connectivity index (χ1n) is 7.58. The van der Waals surface area contributed by atoms with Crippen LogP contribution in [0.15, 0.2) is 64.5 Å². The van der Waals surface area contributed by atoms with Gasteiger partial charge >= 0.3 is 0 Å². The largest absolute Gasteiger partial charge is 0.282 e. The Kier molecular flexibility index (Phi) is 4.14. The van der Waals surface area contributed by atoms with E-state index >= 15 is 0 Å².